The fourth-order valence-corrected chi connectivity index (χ4v) is 1.65. The van der Waals surface area contributed by atoms with Crippen LogP contribution in [0, 0.1) is 0 Å². The Balaban J connectivity index is 2.80. The minimum atomic E-state index is -0.438. The third kappa shape index (κ3) is 2.92. The summed E-state index contributed by atoms with van der Waals surface area (Å²) in [6, 6.07) is -0.342. The van der Waals surface area contributed by atoms with Crippen molar-refractivity contribution in [3.05, 3.63) is 4.73 Å². The summed E-state index contributed by atoms with van der Waals surface area (Å²) in [6.07, 6.45) is 0. The van der Waals surface area contributed by atoms with Crippen LogP contribution in [0.3, 0.4) is 0 Å². The minimum Gasteiger partial charge on any atom is -0.366 e. The molecule has 7 heteroatoms. The van der Waals surface area contributed by atoms with Gasteiger partial charge in [0.25, 0.3) is 0 Å². The van der Waals surface area contributed by atoms with Gasteiger partial charge in [0.1, 0.15) is 6.04 Å². The average Bonchev–Trinajstić information content (AvgIpc) is 2.42. The van der Waals surface area contributed by atoms with Crippen molar-refractivity contribution in [3.63, 3.8) is 0 Å². The van der Waals surface area contributed by atoms with E-state index in [1.807, 2.05) is 13.8 Å². The molecule has 1 aromatic heterocycles. The average molecular weight is 276 g/mol. The van der Waals surface area contributed by atoms with Crippen molar-refractivity contribution < 1.29 is 4.79 Å². The number of hydrogen-bond acceptors (Lipinski definition) is 4. The standard InChI is InChI=1S/C8H14BrN5O/c1-4(2)11-6(15)5(3)14-7(9)12-8(10)13-14/h4-5H,1-3H3,(H2,10,13)(H,11,15). The Labute approximate surface area is 96.4 Å². The van der Waals surface area contributed by atoms with E-state index < -0.39 is 6.04 Å². The van der Waals surface area contributed by atoms with Gasteiger partial charge in [-0.05, 0) is 36.7 Å². The first-order valence-electron chi connectivity index (χ1n) is 4.59. The van der Waals surface area contributed by atoms with E-state index >= 15 is 0 Å². The van der Waals surface area contributed by atoms with E-state index in [0.29, 0.717) is 4.73 Å². The summed E-state index contributed by atoms with van der Waals surface area (Å²) in [5.74, 6) is 0.0293. The van der Waals surface area contributed by atoms with Gasteiger partial charge in [0.15, 0.2) is 4.73 Å². The fourth-order valence-electron chi connectivity index (χ4n) is 1.08. The Kier molecular flexibility index (Phi) is 3.67. The summed E-state index contributed by atoms with van der Waals surface area (Å²) >= 11 is 3.18. The maximum absolute atomic E-state index is 11.7. The van der Waals surface area contributed by atoms with Crippen LogP contribution in [0.4, 0.5) is 5.95 Å². The third-order valence-electron chi connectivity index (χ3n) is 1.78. The molecule has 0 aliphatic rings. The number of carbonyl (C=O) groups is 1. The number of nitrogens with one attached hydrogen (secondary N) is 1. The minimum absolute atomic E-state index is 0.0968. The van der Waals surface area contributed by atoms with Crippen LogP contribution in [0.15, 0.2) is 4.73 Å². The third-order valence-corrected chi connectivity index (χ3v) is 2.32. The smallest absolute Gasteiger partial charge is 0.244 e. The van der Waals surface area contributed by atoms with E-state index in [1.54, 1.807) is 6.92 Å². The van der Waals surface area contributed by atoms with Crippen molar-refractivity contribution in [2.75, 3.05) is 5.73 Å². The van der Waals surface area contributed by atoms with Crippen LogP contribution < -0.4 is 11.1 Å². The van der Waals surface area contributed by atoms with E-state index in [4.69, 9.17) is 5.73 Å². The Hall–Kier alpha value is -1.11. The van der Waals surface area contributed by atoms with E-state index in [2.05, 4.69) is 31.3 Å². The molecule has 6 nitrogen and oxygen atoms in total. The number of nitrogens with two attached hydrogens (primary N) is 1. The summed E-state index contributed by atoms with van der Waals surface area (Å²) < 4.78 is 1.89. The molecular weight excluding hydrogens is 262 g/mol. The number of nitrogens with zero attached hydrogens (tertiary/aromatic N) is 3. The zero-order valence-corrected chi connectivity index (χ0v) is 10.4. The zero-order chi connectivity index (χ0) is 11.6. The molecule has 1 amide bonds. The summed E-state index contributed by atoms with van der Waals surface area (Å²) in [6.45, 7) is 5.53. The molecule has 15 heavy (non-hydrogen) atoms. The second kappa shape index (κ2) is 4.61. The topological polar surface area (TPSA) is 85.8 Å². The molecule has 0 saturated heterocycles. The van der Waals surface area contributed by atoms with Crippen molar-refractivity contribution in [2.45, 2.75) is 32.9 Å². The number of amides is 1. The molecular formula is C8H14BrN5O. The molecule has 1 unspecified atom stereocenters. The molecule has 1 rings (SSSR count). The van der Waals surface area contributed by atoms with E-state index in [-0.39, 0.29) is 17.9 Å². The van der Waals surface area contributed by atoms with Crippen LogP contribution in [0.25, 0.3) is 0 Å². The van der Waals surface area contributed by atoms with E-state index in [0.717, 1.165) is 0 Å². The summed E-state index contributed by atoms with van der Waals surface area (Å²) in [4.78, 5) is 15.5. The molecule has 0 aliphatic carbocycles. The van der Waals surface area contributed by atoms with Gasteiger partial charge >= 0.3 is 0 Å². The Morgan fingerprint density at radius 1 is 1.53 bits per heavy atom. The number of carbonyl (C=O) groups excluding carboxylic acids is 1. The molecule has 0 spiro atoms. The van der Waals surface area contributed by atoms with Crippen molar-refractivity contribution in [1.29, 1.82) is 0 Å². The molecule has 3 N–H and O–H groups in total. The van der Waals surface area contributed by atoms with Crippen LogP contribution in [0.1, 0.15) is 26.8 Å². The highest BCUT2D eigenvalue weighted by Gasteiger charge is 2.19. The highest BCUT2D eigenvalue weighted by molar-refractivity contribution is 9.10. The Morgan fingerprint density at radius 2 is 2.13 bits per heavy atom. The molecule has 0 saturated carbocycles. The maximum Gasteiger partial charge on any atom is 0.244 e. The first kappa shape index (κ1) is 12.0. The molecule has 1 atom stereocenters. The van der Waals surface area contributed by atoms with Crippen molar-refractivity contribution in [1.82, 2.24) is 20.1 Å². The lowest BCUT2D eigenvalue weighted by atomic mass is 10.3. The summed E-state index contributed by atoms with van der Waals surface area (Å²) in [7, 11) is 0. The maximum atomic E-state index is 11.7. The van der Waals surface area contributed by atoms with Gasteiger partial charge in [0, 0.05) is 6.04 Å². The number of anilines is 1. The second-order valence-electron chi connectivity index (χ2n) is 3.52. The normalized spacial score (nSPS) is 12.9. The lowest BCUT2D eigenvalue weighted by molar-refractivity contribution is -0.124. The predicted octanol–water partition coefficient (Wildman–Crippen LogP) is 0.708. The first-order valence-corrected chi connectivity index (χ1v) is 5.39. The first-order chi connectivity index (χ1) is 6.91. The van der Waals surface area contributed by atoms with Gasteiger partial charge in [-0.25, -0.2) is 4.68 Å². The number of halogens is 1. The highest BCUT2D eigenvalue weighted by Crippen LogP contribution is 2.14. The monoisotopic (exact) mass is 275 g/mol. The van der Waals surface area contributed by atoms with Crippen molar-refractivity contribution >= 4 is 27.8 Å². The van der Waals surface area contributed by atoms with Crippen LogP contribution in [0.5, 0.6) is 0 Å². The van der Waals surface area contributed by atoms with Crippen LogP contribution in [0.2, 0.25) is 0 Å². The van der Waals surface area contributed by atoms with Gasteiger partial charge in [-0.15, -0.1) is 5.10 Å². The van der Waals surface area contributed by atoms with Crippen LogP contribution in [-0.4, -0.2) is 26.7 Å². The molecule has 0 aromatic carbocycles. The van der Waals surface area contributed by atoms with Gasteiger partial charge in [-0.2, -0.15) is 4.98 Å². The second-order valence-corrected chi connectivity index (χ2v) is 4.23. The number of nitrogen functional groups attached to an aromatic ring is 1. The van der Waals surface area contributed by atoms with E-state index in [1.165, 1.54) is 4.68 Å². The fraction of sp³-hybridized carbons (Fsp3) is 0.625. The SMILES string of the molecule is CC(C)NC(=O)C(C)n1nc(N)nc1Br. The van der Waals surface area contributed by atoms with Gasteiger partial charge in [-0.1, -0.05) is 0 Å². The molecule has 1 aromatic rings. The van der Waals surface area contributed by atoms with Crippen molar-refractivity contribution in [3.8, 4) is 0 Å². The molecule has 0 fully saturated rings. The number of rotatable bonds is 3. The van der Waals surface area contributed by atoms with Crippen LogP contribution >= 0.6 is 15.9 Å². The quantitative estimate of drug-likeness (QED) is 0.851. The van der Waals surface area contributed by atoms with Gasteiger partial charge in [-0.3, -0.25) is 4.79 Å². The lowest BCUT2D eigenvalue weighted by Crippen LogP contribution is -2.36. The molecule has 0 bridgehead atoms. The van der Waals surface area contributed by atoms with Crippen LogP contribution in [-0.2, 0) is 4.79 Å². The van der Waals surface area contributed by atoms with Crippen molar-refractivity contribution in [2.24, 2.45) is 0 Å². The largest absolute Gasteiger partial charge is 0.366 e. The zero-order valence-electron chi connectivity index (χ0n) is 8.86. The predicted molar refractivity (Wildman–Crippen MR) is 60.1 cm³/mol. The lowest BCUT2D eigenvalue weighted by Gasteiger charge is -2.14. The molecule has 1 heterocycles. The molecule has 0 radical (unpaired) electrons. The molecule has 84 valence electrons. The number of hydrogen-bond donors (Lipinski definition) is 2. The summed E-state index contributed by atoms with van der Waals surface area (Å²) in [5, 5.41) is 6.70. The Bertz CT molecular complexity index is 362. The summed E-state index contributed by atoms with van der Waals surface area (Å²) in [5.41, 5.74) is 5.41. The van der Waals surface area contributed by atoms with Gasteiger partial charge in [0.05, 0.1) is 0 Å². The van der Waals surface area contributed by atoms with E-state index in [9.17, 15) is 4.79 Å². The highest BCUT2D eigenvalue weighted by atomic mass is 79.9. The van der Waals surface area contributed by atoms with Gasteiger partial charge in [0.2, 0.25) is 11.9 Å². The number of aromatic nitrogens is 3. The Morgan fingerprint density at radius 3 is 2.53 bits per heavy atom. The molecule has 0 aliphatic heterocycles. The van der Waals surface area contributed by atoms with Gasteiger partial charge < -0.3 is 11.1 Å².